The molecule has 0 radical (unpaired) electrons. The molecule has 3 rings (SSSR count). The van der Waals surface area contributed by atoms with Crippen LogP contribution in [0.25, 0.3) is 22.2 Å². The highest BCUT2D eigenvalue weighted by atomic mass is 32.2. The topological polar surface area (TPSA) is 127 Å². The van der Waals surface area contributed by atoms with Gasteiger partial charge in [0.2, 0.25) is 0 Å². The van der Waals surface area contributed by atoms with Crippen molar-refractivity contribution < 1.29 is 26.4 Å². The molecule has 0 aliphatic rings. The van der Waals surface area contributed by atoms with Crippen LogP contribution in [0.3, 0.4) is 0 Å². The standard InChI is InChI=1S/C18H18F3N5O5S/c1-4-5-15(27)26(32(3,30)31)25-16(28)11-8-10(14-6-7-22-24(14)2)12(18(19,20)21)9-13(11)23-17(25)29/h6-9H,4-5H2,1-3H3,(H,23,29). The van der Waals surface area contributed by atoms with Crippen molar-refractivity contribution in [3.63, 3.8) is 0 Å². The molecule has 14 heteroatoms. The van der Waals surface area contributed by atoms with Gasteiger partial charge in [-0.2, -0.15) is 18.3 Å². The van der Waals surface area contributed by atoms with E-state index < -0.39 is 55.4 Å². The Balaban J connectivity index is 2.44. The Morgan fingerprint density at radius 2 is 1.91 bits per heavy atom. The molecule has 3 aromatic rings. The molecular formula is C18H18F3N5O5S. The van der Waals surface area contributed by atoms with Crippen molar-refractivity contribution in [3.05, 3.63) is 50.8 Å². The van der Waals surface area contributed by atoms with Gasteiger partial charge in [0.1, 0.15) is 0 Å². The third-order valence-electron chi connectivity index (χ3n) is 4.59. The van der Waals surface area contributed by atoms with Crippen LogP contribution in [-0.4, -0.2) is 40.0 Å². The van der Waals surface area contributed by atoms with E-state index in [4.69, 9.17) is 0 Å². The normalized spacial score (nSPS) is 12.3. The number of aromatic nitrogens is 4. The molecule has 1 aromatic carbocycles. The summed E-state index contributed by atoms with van der Waals surface area (Å²) >= 11 is 0. The number of aromatic amines is 1. The minimum atomic E-state index is -4.84. The van der Waals surface area contributed by atoms with Gasteiger partial charge in [0.15, 0.2) is 0 Å². The second-order valence-corrected chi connectivity index (χ2v) is 8.79. The van der Waals surface area contributed by atoms with Crippen LogP contribution < -0.4 is 15.7 Å². The summed E-state index contributed by atoms with van der Waals surface area (Å²) < 4.78 is 66.8. The van der Waals surface area contributed by atoms with Crippen LogP contribution in [0.15, 0.2) is 34.0 Å². The number of nitrogens with one attached hydrogen (secondary N) is 1. The lowest BCUT2D eigenvalue weighted by Crippen LogP contribution is -2.55. The number of amides is 1. The van der Waals surface area contributed by atoms with Crippen molar-refractivity contribution >= 4 is 26.8 Å². The third-order valence-corrected chi connectivity index (χ3v) is 5.58. The van der Waals surface area contributed by atoms with Crippen LogP contribution in [0.4, 0.5) is 13.2 Å². The Bertz CT molecular complexity index is 1440. The predicted molar refractivity (Wildman–Crippen MR) is 109 cm³/mol. The number of alkyl halides is 3. The smallest absolute Gasteiger partial charge is 0.305 e. The van der Waals surface area contributed by atoms with E-state index in [9.17, 15) is 36.0 Å². The van der Waals surface area contributed by atoms with Crippen molar-refractivity contribution in [1.82, 2.24) is 19.4 Å². The number of sulfonamides is 1. The van der Waals surface area contributed by atoms with Crippen LogP contribution in [-0.2, 0) is 28.0 Å². The number of benzene rings is 1. The quantitative estimate of drug-likeness (QED) is 0.596. The summed E-state index contributed by atoms with van der Waals surface area (Å²) in [5.74, 6) is -1.04. The maximum atomic E-state index is 13.7. The number of rotatable bonds is 5. The van der Waals surface area contributed by atoms with Crippen molar-refractivity contribution in [3.8, 4) is 11.3 Å². The molecule has 32 heavy (non-hydrogen) atoms. The first-order valence-corrected chi connectivity index (χ1v) is 11.0. The lowest BCUT2D eigenvalue weighted by Gasteiger charge is -2.21. The van der Waals surface area contributed by atoms with Gasteiger partial charge in [0, 0.05) is 25.2 Å². The van der Waals surface area contributed by atoms with Gasteiger partial charge in [-0.05, 0) is 24.6 Å². The number of hydrogen-bond acceptors (Lipinski definition) is 6. The first-order valence-electron chi connectivity index (χ1n) is 9.19. The molecule has 0 saturated carbocycles. The zero-order valence-corrected chi connectivity index (χ0v) is 17.9. The lowest BCUT2D eigenvalue weighted by molar-refractivity contribution is -0.137. The number of carbonyl (C=O) groups excluding carboxylic acids is 1. The van der Waals surface area contributed by atoms with Gasteiger partial charge in [-0.15, -0.1) is 9.09 Å². The molecule has 0 fully saturated rings. The summed E-state index contributed by atoms with van der Waals surface area (Å²) in [7, 11) is -3.01. The second-order valence-electron chi connectivity index (χ2n) is 6.98. The van der Waals surface area contributed by atoms with Crippen LogP contribution in [0.2, 0.25) is 0 Å². The summed E-state index contributed by atoms with van der Waals surface area (Å²) in [6.45, 7) is 1.59. The van der Waals surface area contributed by atoms with E-state index in [1.165, 1.54) is 19.3 Å². The third kappa shape index (κ3) is 4.04. The summed E-state index contributed by atoms with van der Waals surface area (Å²) in [6, 6.07) is 2.77. The average molecular weight is 473 g/mol. The molecule has 10 nitrogen and oxygen atoms in total. The van der Waals surface area contributed by atoms with Crippen LogP contribution in [0.5, 0.6) is 0 Å². The Hall–Kier alpha value is -3.42. The van der Waals surface area contributed by atoms with Crippen LogP contribution in [0.1, 0.15) is 25.3 Å². The van der Waals surface area contributed by atoms with Crippen molar-refractivity contribution in [2.24, 2.45) is 7.05 Å². The molecule has 0 saturated heterocycles. The van der Waals surface area contributed by atoms with Gasteiger partial charge in [0.25, 0.3) is 21.5 Å². The van der Waals surface area contributed by atoms with E-state index in [0.717, 1.165) is 10.7 Å². The molecule has 0 aliphatic heterocycles. The van der Waals surface area contributed by atoms with E-state index in [1.807, 2.05) is 0 Å². The molecule has 1 N–H and O–H groups in total. The van der Waals surface area contributed by atoms with Crippen LogP contribution in [0, 0.1) is 0 Å². The first kappa shape index (κ1) is 23.2. The largest absolute Gasteiger partial charge is 0.417 e. The molecule has 172 valence electrons. The Morgan fingerprint density at radius 3 is 2.41 bits per heavy atom. The minimum absolute atomic E-state index is 0.0263. The van der Waals surface area contributed by atoms with Crippen molar-refractivity contribution in [2.75, 3.05) is 10.7 Å². The fourth-order valence-corrected chi connectivity index (χ4v) is 4.16. The Kier molecular flexibility index (Phi) is 5.76. The number of H-pyrrole nitrogens is 1. The first-order chi connectivity index (χ1) is 14.8. The van der Waals surface area contributed by atoms with E-state index in [1.54, 1.807) is 6.92 Å². The summed E-state index contributed by atoms with van der Waals surface area (Å²) in [4.78, 5) is 40.1. The molecule has 1 amide bonds. The maximum Gasteiger partial charge on any atom is 0.417 e. The van der Waals surface area contributed by atoms with Crippen molar-refractivity contribution in [2.45, 2.75) is 25.9 Å². The number of halogens is 3. The van der Waals surface area contributed by atoms with Gasteiger partial charge in [-0.1, -0.05) is 6.92 Å². The molecule has 0 atom stereocenters. The average Bonchev–Trinajstić information content (AvgIpc) is 3.08. The number of carbonyl (C=O) groups is 1. The van der Waals surface area contributed by atoms with Gasteiger partial charge in [-0.3, -0.25) is 14.3 Å². The van der Waals surface area contributed by atoms with Gasteiger partial charge in [-0.25, -0.2) is 13.2 Å². The maximum absolute atomic E-state index is 13.7. The number of hydrogen-bond donors (Lipinski definition) is 1. The number of nitrogens with zero attached hydrogens (tertiary/aromatic N) is 4. The predicted octanol–water partition coefficient (Wildman–Crippen LogP) is 1.33. The molecule has 2 heterocycles. The van der Waals surface area contributed by atoms with Gasteiger partial charge >= 0.3 is 11.9 Å². The SMILES string of the molecule is CCCC(=O)N(n1c(=O)[nH]c2cc(C(F)(F)F)c(-c3ccnn3C)cc2c1=O)S(C)(=O)=O. The number of fused-ring (bicyclic) bond motifs is 1. The molecule has 0 aliphatic carbocycles. The Labute approximate surface area is 178 Å². The lowest BCUT2D eigenvalue weighted by atomic mass is 10.0. The van der Waals surface area contributed by atoms with Crippen LogP contribution >= 0.6 is 0 Å². The van der Waals surface area contributed by atoms with E-state index in [2.05, 4.69) is 10.1 Å². The highest BCUT2D eigenvalue weighted by Crippen LogP contribution is 2.38. The molecule has 0 unspecified atom stereocenters. The highest BCUT2D eigenvalue weighted by molar-refractivity contribution is 7.92. The monoisotopic (exact) mass is 473 g/mol. The summed E-state index contributed by atoms with van der Waals surface area (Å²) in [6.07, 6.45) is -3.01. The fraction of sp³-hybridized carbons (Fsp3) is 0.333. The highest BCUT2D eigenvalue weighted by Gasteiger charge is 2.36. The minimum Gasteiger partial charge on any atom is -0.305 e. The summed E-state index contributed by atoms with van der Waals surface area (Å²) in [5, 5.41) is 3.41. The summed E-state index contributed by atoms with van der Waals surface area (Å²) in [5.41, 5.74) is -4.63. The zero-order chi connectivity index (χ0) is 24.0. The molecule has 0 bridgehead atoms. The van der Waals surface area contributed by atoms with Crippen molar-refractivity contribution in [1.29, 1.82) is 0 Å². The van der Waals surface area contributed by atoms with E-state index in [-0.39, 0.29) is 27.6 Å². The van der Waals surface area contributed by atoms with E-state index in [0.29, 0.717) is 12.3 Å². The Morgan fingerprint density at radius 1 is 1.25 bits per heavy atom. The molecule has 0 spiro atoms. The molecule has 2 aromatic heterocycles. The fourth-order valence-electron chi connectivity index (χ4n) is 3.26. The van der Waals surface area contributed by atoms with E-state index >= 15 is 0 Å². The zero-order valence-electron chi connectivity index (χ0n) is 17.1. The van der Waals surface area contributed by atoms with Gasteiger partial charge < -0.3 is 4.98 Å². The second kappa shape index (κ2) is 7.93. The number of aryl methyl sites for hydroxylation is 1. The van der Waals surface area contributed by atoms with Gasteiger partial charge in [0.05, 0.1) is 28.4 Å². The molecular weight excluding hydrogens is 455 g/mol.